The van der Waals surface area contributed by atoms with Gasteiger partial charge in [-0.2, -0.15) is 0 Å². The fraction of sp³-hybridized carbons (Fsp3) is 1.00. The first-order chi connectivity index (χ1) is 4.31. The summed E-state index contributed by atoms with van der Waals surface area (Å²) in [5.74, 6) is 0.720. The molecule has 0 saturated heterocycles. The minimum absolute atomic E-state index is 0.313. The molecular weight excluding hydrogens is 175 g/mol. The summed E-state index contributed by atoms with van der Waals surface area (Å²) in [6.07, 6.45) is 2.37. The molecule has 4 heteroatoms. The summed E-state index contributed by atoms with van der Waals surface area (Å²) in [4.78, 5) is 0. The van der Waals surface area contributed by atoms with Crippen LogP contribution in [-0.4, -0.2) is 21.1 Å². The van der Waals surface area contributed by atoms with Gasteiger partial charge in [0.05, 0.1) is 0 Å². The van der Waals surface area contributed by atoms with Gasteiger partial charge in [0, 0.05) is 12.0 Å². The Morgan fingerprint density at radius 2 is 2.33 bits per heavy atom. The van der Waals surface area contributed by atoms with Gasteiger partial charge in [0.1, 0.15) is 0 Å². The zero-order valence-corrected chi connectivity index (χ0v) is 8.50. The molecule has 0 spiro atoms. The van der Waals surface area contributed by atoms with E-state index in [4.69, 9.17) is 27.1 Å². The zero-order chi connectivity index (χ0) is 7.11. The highest BCUT2D eigenvalue weighted by Crippen LogP contribution is 2.01. The highest BCUT2D eigenvalue weighted by molar-refractivity contribution is 6.89. The number of rotatable bonds is 5. The third-order valence-corrected chi connectivity index (χ3v) is 2.43. The standard InChI is InChI=1S/C5H12Cl2OSi/c1-5(8-9-7)3-2-4-6/h5H,2-4,9H2,1H3. The molecule has 0 N–H and O–H groups in total. The predicted molar refractivity (Wildman–Crippen MR) is 44.9 cm³/mol. The first kappa shape index (κ1) is 9.76. The van der Waals surface area contributed by atoms with Crippen LogP contribution >= 0.6 is 22.7 Å². The molecule has 0 aliphatic heterocycles. The average molecular weight is 187 g/mol. The van der Waals surface area contributed by atoms with Crippen molar-refractivity contribution in [1.82, 2.24) is 0 Å². The molecule has 0 fully saturated rings. The van der Waals surface area contributed by atoms with Gasteiger partial charge in [-0.25, -0.2) is 0 Å². The van der Waals surface area contributed by atoms with Crippen LogP contribution in [0, 0.1) is 0 Å². The van der Waals surface area contributed by atoms with Crippen molar-refractivity contribution in [2.45, 2.75) is 25.9 Å². The van der Waals surface area contributed by atoms with E-state index in [9.17, 15) is 0 Å². The quantitative estimate of drug-likeness (QED) is 0.361. The molecule has 0 amide bonds. The summed E-state index contributed by atoms with van der Waals surface area (Å²) in [7, 11) is -0.732. The lowest BCUT2D eigenvalue weighted by Crippen LogP contribution is -2.08. The molecule has 0 aromatic heterocycles. The van der Waals surface area contributed by atoms with Crippen molar-refractivity contribution < 1.29 is 4.43 Å². The lowest BCUT2D eigenvalue weighted by Gasteiger charge is -2.08. The van der Waals surface area contributed by atoms with E-state index in [0.29, 0.717) is 6.10 Å². The number of hydrogen-bond donors (Lipinski definition) is 0. The fourth-order valence-corrected chi connectivity index (χ4v) is 1.74. The molecule has 0 aliphatic carbocycles. The maximum Gasteiger partial charge on any atom is 0.258 e. The normalized spacial score (nSPS) is 15.0. The molecule has 9 heavy (non-hydrogen) atoms. The lowest BCUT2D eigenvalue weighted by atomic mass is 10.2. The maximum absolute atomic E-state index is 5.47. The van der Waals surface area contributed by atoms with E-state index in [0.717, 1.165) is 18.7 Å². The Morgan fingerprint density at radius 3 is 2.78 bits per heavy atom. The second kappa shape index (κ2) is 6.87. The third-order valence-electron chi connectivity index (χ3n) is 1.09. The summed E-state index contributed by atoms with van der Waals surface area (Å²) < 4.78 is 5.19. The number of halogens is 2. The molecule has 1 unspecified atom stereocenters. The Bertz CT molecular complexity index is 62.9. The molecule has 0 aromatic carbocycles. The van der Waals surface area contributed by atoms with E-state index < -0.39 is 9.07 Å². The molecular formula is C5H12Cl2OSi. The van der Waals surface area contributed by atoms with Crippen molar-refractivity contribution >= 4 is 31.8 Å². The van der Waals surface area contributed by atoms with Crippen LogP contribution in [0.4, 0.5) is 0 Å². The van der Waals surface area contributed by atoms with Gasteiger partial charge in [-0.3, -0.25) is 0 Å². The molecule has 0 bridgehead atoms. The minimum atomic E-state index is -0.732. The van der Waals surface area contributed by atoms with Gasteiger partial charge in [0.2, 0.25) is 0 Å². The van der Waals surface area contributed by atoms with E-state index in [1.807, 2.05) is 6.92 Å². The molecule has 0 aliphatic rings. The van der Waals surface area contributed by atoms with Gasteiger partial charge >= 0.3 is 0 Å². The van der Waals surface area contributed by atoms with Gasteiger partial charge in [-0.15, -0.1) is 22.7 Å². The summed E-state index contributed by atoms with van der Waals surface area (Å²) in [6.45, 7) is 2.03. The Hall–Kier alpha value is 0.757. The Kier molecular flexibility index (Phi) is 7.45. The summed E-state index contributed by atoms with van der Waals surface area (Å²) in [5.41, 5.74) is 0. The summed E-state index contributed by atoms with van der Waals surface area (Å²) in [6, 6.07) is 0. The van der Waals surface area contributed by atoms with Gasteiger partial charge < -0.3 is 4.43 Å². The van der Waals surface area contributed by atoms with Gasteiger partial charge in [-0.05, 0) is 19.8 Å². The molecule has 0 heterocycles. The van der Waals surface area contributed by atoms with Crippen molar-refractivity contribution in [1.29, 1.82) is 0 Å². The van der Waals surface area contributed by atoms with Crippen molar-refractivity contribution in [2.75, 3.05) is 5.88 Å². The smallest absolute Gasteiger partial charge is 0.258 e. The Morgan fingerprint density at radius 1 is 1.67 bits per heavy atom. The van der Waals surface area contributed by atoms with Crippen molar-refractivity contribution in [2.24, 2.45) is 0 Å². The molecule has 1 atom stereocenters. The van der Waals surface area contributed by atoms with E-state index >= 15 is 0 Å². The fourth-order valence-electron chi connectivity index (χ4n) is 0.555. The second-order valence-electron chi connectivity index (χ2n) is 1.92. The topological polar surface area (TPSA) is 9.23 Å². The van der Waals surface area contributed by atoms with Crippen molar-refractivity contribution in [3.05, 3.63) is 0 Å². The zero-order valence-electron chi connectivity index (χ0n) is 5.57. The summed E-state index contributed by atoms with van der Waals surface area (Å²) in [5, 5.41) is 0. The third kappa shape index (κ3) is 6.64. The van der Waals surface area contributed by atoms with E-state index in [-0.39, 0.29) is 0 Å². The average Bonchev–Trinajstić information content (AvgIpc) is 1.85. The van der Waals surface area contributed by atoms with Crippen molar-refractivity contribution in [3.63, 3.8) is 0 Å². The van der Waals surface area contributed by atoms with Crippen LogP contribution in [0.5, 0.6) is 0 Å². The number of hydrogen-bond acceptors (Lipinski definition) is 1. The lowest BCUT2D eigenvalue weighted by molar-refractivity contribution is 0.227. The van der Waals surface area contributed by atoms with Gasteiger partial charge in [0.15, 0.2) is 0 Å². The first-order valence-corrected chi connectivity index (χ1v) is 6.29. The Balaban J connectivity index is 2.95. The Labute approximate surface area is 68.3 Å². The summed E-state index contributed by atoms with van der Waals surface area (Å²) >= 11 is 10.9. The van der Waals surface area contributed by atoms with Gasteiger partial charge in [-0.1, -0.05) is 0 Å². The molecule has 56 valence electrons. The van der Waals surface area contributed by atoms with Crippen molar-refractivity contribution in [3.8, 4) is 0 Å². The van der Waals surface area contributed by atoms with Crippen LogP contribution in [0.2, 0.25) is 0 Å². The van der Waals surface area contributed by atoms with Crippen LogP contribution in [0.25, 0.3) is 0 Å². The van der Waals surface area contributed by atoms with E-state index in [1.54, 1.807) is 0 Å². The van der Waals surface area contributed by atoms with Gasteiger partial charge in [0.25, 0.3) is 9.07 Å². The van der Waals surface area contributed by atoms with Crippen LogP contribution < -0.4 is 0 Å². The van der Waals surface area contributed by atoms with E-state index in [2.05, 4.69) is 0 Å². The van der Waals surface area contributed by atoms with Crippen LogP contribution in [-0.2, 0) is 4.43 Å². The van der Waals surface area contributed by atoms with Crippen LogP contribution in [0.1, 0.15) is 19.8 Å². The predicted octanol–water partition coefficient (Wildman–Crippen LogP) is 1.65. The molecule has 0 saturated carbocycles. The first-order valence-electron chi connectivity index (χ1n) is 3.04. The van der Waals surface area contributed by atoms with E-state index in [1.165, 1.54) is 0 Å². The largest absolute Gasteiger partial charge is 0.405 e. The molecule has 1 nitrogen and oxygen atoms in total. The second-order valence-corrected chi connectivity index (χ2v) is 3.50. The maximum atomic E-state index is 5.47. The monoisotopic (exact) mass is 186 g/mol. The molecule has 0 radical (unpaired) electrons. The highest BCUT2D eigenvalue weighted by atomic mass is 35.6. The van der Waals surface area contributed by atoms with Crippen LogP contribution in [0.15, 0.2) is 0 Å². The highest BCUT2D eigenvalue weighted by Gasteiger charge is 1.98. The molecule has 0 aromatic rings. The minimum Gasteiger partial charge on any atom is -0.405 e. The molecule has 0 rings (SSSR count). The SMILES string of the molecule is CC(CCCCl)O[SiH2]Cl. The number of alkyl halides is 1. The van der Waals surface area contributed by atoms with Crippen LogP contribution in [0.3, 0.4) is 0 Å².